The lowest BCUT2D eigenvalue weighted by atomic mass is 10.0. The molecule has 0 aliphatic rings. The molecule has 19 heteroatoms. The highest BCUT2D eigenvalue weighted by atomic mass is 31.2. The second kappa shape index (κ2) is 66.3. The van der Waals surface area contributed by atoms with Gasteiger partial charge in [-0.15, -0.1) is 0 Å². The smallest absolute Gasteiger partial charge is 0.462 e. The molecule has 0 heterocycles. The van der Waals surface area contributed by atoms with E-state index in [1.54, 1.807) is 0 Å². The number of hydrogen-bond acceptors (Lipinski definition) is 15. The van der Waals surface area contributed by atoms with Crippen LogP contribution in [-0.4, -0.2) is 96.7 Å². The molecule has 0 bridgehead atoms. The van der Waals surface area contributed by atoms with E-state index in [2.05, 4.69) is 83.2 Å². The molecule has 544 valence electrons. The summed E-state index contributed by atoms with van der Waals surface area (Å²) in [5, 5.41) is 10.6. The van der Waals surface area contributed by atoms with E-state index in [0.29, 0.717) is 25.7 Å². The van der Waals surface area contributed by atoms with Crippen molar-refractivity contribution >= 4 is 39.5 Å². The fourth-order valence-corrected chi connectivity index (χ4v) is 11.8. The first-order valence-corrected chi connectivity index (χ1v) is 40.3. The first kappa shape index (κ1) is 90.0. The molecule has 2 unspecified atom stereocenters. The zero-order valence-corrected chi connectivity index (χ0v) is 61.1. The van der Waals surface area contributed by atoms with Gasteiger partial charge in [0.05, 0.1) is 26.4 Å². The maximum atomic E-state index is 13.0. The van der Waals surface area contributed by atoms with Crippen LogP contribution >= 0.6 is 15.6 Å². The van der Waals surface area contributed by atoms with Gasteiger partial charge in [-0.3, -0.25) is 37.3 Å². The predicted octanol–water partition coefficient (Wildman–Crippen LogP) is 20.8. The maximum absolute atomic E-state index is 13.0. The number of phosphoric ester groups is 2. The summed E-state index contributed by atoms with van der Waals surface area (Å²) < 4.78 is 68.1. The Morgan fingerprint density at radius 3 is 0.882 bits per heavy atom. The van der Waals surface area contributed by atoms with Crippen LogP contribution in [-0.2, 0) is 65.4 Å². The lowest BCUT2D eigenvalue weighted by Gasteiger charge is -2.21. The third kappa shape index (κ3) is 67.4. The molecule has 0 aliphatic carbocycles. The fourth-order valence-electron chi connectivity index (χ4n) is 10.3. The number of carbonyl (C=O) groups is 4. The molecule has 0 radical (unpaired) electrons. The van der Waals surface area contributed by atoms with E-state index in [-0.39, 0.29) is 25.7 Å². The van der Waals surface area contributed by atoms with Gasteiger partial charge in [0.25, 0.3) is 0 Å². The van der Waals surface area contributed by atoms with Crippen LogP contribution in [0.2, 0.25) is 0 Å². The first-order chi connectivity index (χ1) is 45.0. The normalized spacial score (nSPS) is 14.3. The highest BCUT2D eigenvalue weighted by Gasteiger charge is 2.30. The molecular formula is C74H136O17P2. The third-order valence-corrected chi connectivity index (χ3v) is 17.9. The van der Waals surface area contributed by atoms with Gasteiger partial charge in [-0.05, 0) is 83.0 Å². The van der Waals surface area contributed by atoms with Crippen molar-refractivity contribution in [3.63, 3.8) is 0 Å². The number of allylic oxidation sites excluding steroid dienone is 8. The SMILES string of the molecule is CCCCCC/C=C\C=C/CCCCCCCC(=O)OC[C@H](COP(=O)(O)OC[C@@H](O)COP(=O)(O)OC[C@@H](COC(=O)CCCCCCC)OC(=O)CCCCCCC/C=C\C=C/CCCCCC)OC(=O)CCCCCCCCCCCCCCCCCC(C)C. The second-order valence-electron chi connectivity index (χ2n) is 25.8. The summed E-state index contributed by atoms with van der Waals surface area (Å²) in [6.07, 6.45) is 60.3. The molecule has 0 aromatic carbocycles. The van der Waals surface area contributed by atoms with E-state index in [1.165, 1.54) is 122 Å². The quantitative estimate of drug-likeness (QED) is 0.0169. The van der Waals surface area contributed by atoms with Gasteiger partial charge in [0.2, 0.25) is 0 Å². The number of rotatable bonds is 70. The lowest BCUT2D eigenvalue weighted by Crippen LogP contribution is -2.30. The van der Waals surface area contributed by atoms with Crippen molar-refractivity contribution in [1.29, 1.82) is 0 Å². The van der Waals surface area contributed by atoms with E-state index in [1.807, 2.05) is 0 Å². The Balaban J connectivity index is 5.21. The zero-order valence-electron chi connectivity index (χ0n) is 59.4. The summed E-state index contributed by atoms with van der Waals surface area (Å²) in [7, 11) is -9.92. The van der Waals surface area contributed by atoms with Crippen LogP contribution in [0.5, 0.6) is 0 Å². The summed E-state index contributed by atoms with van der Waals surface area (Å²) in [6.45, 7) is 7.08. The van der Waals surface area contributed by atoms with Crippen molar-refractivity contribution in [2.45, 2.75) is 355 Å². The molecule has 0 saturated carbocycles. The number of ether oxygens (including phenoxy) is 4. The number of carbonyl (C=O) groups excluding carboxylic acids is 4. The summed E-state index contributed by atoms with van der Waals surface area (Å²) in [5.74, 6) is -1.39. The molecular weight excluding hydrogens is 1220 g/mol. The fraction of sp³-hybridized carbons (Fsp3) is 0.838. The Kier molecular flexibility index (Phi) is 64.1. The van der Waals surface area contributed by atoms with E-state index in [9.17, 15) is 43.2 Å². The van der Waals surface area contributed by atoms with Gasteiger partial charge in [-0.25, -0.2) is 9.13 Å². The van der Waals surface area contributed by atoms with E-state index < -0.39 is 97.5 Å². The molecule has 0 rings (SSSR count). The standard InChI is InChI=1S/C74H136O17P2/c1-6-9-12-15-17-19-21-23-26-31-35-39-43-48-53-58-72(77)85-64-70(91-74(79)60-55-50-45-41-37-33-29-25-28-30-34-38-42-47-51-56-67(4)5)66-89-93(82,83)87-62-68(75)61-86-92(80,81)88-65-69(63-84-71(76)57-52-46-14-11-8-3)90-73(78)59-54-49-44-40-36-32-27-24-22-20-18-16-13-10-7-2/h19-24,26-27,67-70,75H,6-18,25,28-66H2,1-5H3,(H,80,81)(H,82,83)/b21-19-,22-20-,26-23-,27-24-/t68-,69+,70+/m0/s1. The number of phosphoric acid groups is 2. The number of unbranched alkanes of at least 4 members (excludes halogenated alkanes) is 36. The minimum absolute atomic E-state index is 0.0818. The van der Waals surface area contributed by atoms with Gasteiger partial charge in [-0.2, -0.15) is 0 Å². The van der Waals surface area contributed by atoms with Crippen LogP contribution in [0.1, 0.15) is 336 Å². The molecule has 0 amide bonds. The van der Waals surface area contributed by atoms with Crippen molar-refractivity contribution < 1.29 is 80.2 Å². The Morgan fingerprint density at radius 2 is 0.581 bits per heavy atom. The Labute approximate surface area is 566 Å². The average Bonchev–Trinajstić information content (AvgIpc) is 1.85. The molecule has 0 fully saturated rings. The van der Waals surface area contributed by atoms with Crippen molar-refractivity contribution in [3.05, 3.63) is 48.6 Å². The summed E-state index contributed by atoms with van der Waals surface area (Å²) in [6, 6.07) is 0. The van der Waals surface area contributed by atoms with Crippen LogP contribution in [0.3, 0.4) is 0 Å². The van der Waals surface area contributed by atoms with E-state index in [4.69, 9.17) is 37.0 Å². The van der Waals surface area contributed by atoms with Gasteiger partial charge in [0.1, 0.15) is 19.3 Å². The van der Waals surface area contributed by atoms with Gasteiger partial charge >= 0.3 is 39.5 Å². The largest absolute Gasteiger partial charge is 0.472 e. The van der Waals surface area contributed by atoms with Gasteiger partial charge in [0, 0.05) is 25.7 Å². The summed E-state index contributed by atoms with van der Waals surface area (Å²) in [4.78, 5) is 72.4. The number of aliphatic hydroxyl groups excluding tert-OH is 1. The predicted molar refractivity (Wildman–Crippen MR) is 377 cm³/mol. The van der Waals surface area contributed by atoms with Crippen LogP contribution in [0.4, 0.5) is 0 Å². The van der Waals surface area contributed by atoms with Crippen LogP contribution in [0, 0.1) is 5.92 Å². The molecule has 93 heavy (non-hydrogen) atoms. The third-order valence-electron chi connectivity index (χ3n) is 16.0. The molecule has 0 aromatic rings. The lowest BCUT2D eigenvalue weighted by molar-refractivity contribution is -0.161. The van der Waals surface area contributed by atoms with E-state index in [0.717, 1.165) is 134 Å². The monoisotopic (exact) mass is 1360 g/mol. The Bertz CT molecular complexity index is 1980. The number of esters is 4. The molecule has 5 atom stereocenters. The van der Waals surface area contributed by atoms with Crippen molar-refractivity contribution in [1.82, 2.24) is 0 Å². The van der Waals surface area contributed by atoms with Crippen LogP contribution in [0.15, 0.2) is 48.6 Å². The molecule has 3 N–H and O–H groups in total. The van der Waals surface area contributed by atoms with Gasteiger partial charge < -0.3 is 33.8 Å². The second-order valence-corrected chi connectivity index (χ2v) is 28.7. The Hall–Kier alpha value is -2.98. The Morgan fingerprint density at radius 1 is 0.333 bits per heavy atom. The van der Waals surface area contributed by atoms with Gasteiger partial charge in [0.15, 0.2) is 12.2 Å². The van der Waals surface area contributed by atoms with Crippen molar-refractivity contribution in [2.75, 3.05) is 39.6 Å². The highest BCUT2D eigenvalue weighted by molar-refractivity contribution is 7.47. The number of hydrogen-bond donors (Lipinski definition) is 3. The minimum Gasteiger partial charge on any atom is -0.462 e. The summed E-state index contributed by atoms with van der Waals surface area (Å²) >= 11 is 0. The van der Waals surface area contributed by atoms with Crippen LogP contribution < -0.4 is 0 Å². The van der Waals surface area contributed by atoms with Gasteiger partial charge in [-0.1, -0.05) is 282 Å². The first-order valence-electron chi connectivity index (χ1n) is 37.3. The van der Waals surface area contributed by atoms with E-state index >= 15 is 0 Å². The maximum Gasteiger partial charge on any atom is 0.472 e. The molecule has 0 aliphatic heterocycles. The molecule has 0 aromatic heterocycles. The zero-order chi connectivity index (χ0) is 68.4. The minimum atomic E-state index is -4.96. The molecule has 17 nitrogen and oxygen atoms in total. The average molecular weight is 1360 g/mol. The molecule has 0 spiro atoms. The highest BCUT2D eigenvalue weighted by Crippen LogP contribution is 2.45. The van der Waals surface area contributed by atoms with Crippen molar-refractivity contribution in [3.8, 4) is 0 Å². The van der Waals surface area contributed by atoms with Crippen LogP contribution in [0.25, 0.3) is 0 Å². The molecule has 0 saturated heterocycles. The van der Waals surface area contributed by atoms with Crippen molar-refractivity contribution in [2.24, 2.45) is 5.92 Å². The number of aliphatic hydroxyl groups is 1. The summed E-state index contributed by atoms with van der Waals surface area (Å²) in [5.41, 5.74) is 0. The topological polar surface area (TPSA) is 237 Å².